The molecule has 0 spiro atoms. The molecule has 0 aliphatic heterocycles. The predicted octanol–water partition coefficient (Wildman–Crippen LogP) is 1.29. The number of likely N-dealkylation sites (N-methyl/N-ethyl adjacent to an activating group) is 1. The summed E-state index contributed by atoms with van der Waals surface area (Å²) in [6.07, 6.45) is -0.384. The van der Waals surface area contributed by atoms with E-state index in [9.17, 15) is 9.90 Å². The first kappa shape index (κ1) is 13.7. The molecule has 0 fully saturated rings. The summed E-state index contributed by atoms with van der Waals surface area (Å²) in [7, 11) is 3.28. The zero-order chi connectivity index (χ0) is 12.8. The van der Waals surface area contributed by atoms with Crippen molar-refractivity contribution in [3.05, 3.63) is 35.4 Å². The summed E-state index contributed by atoms with van der Waals surface area (Å²) >= 11 is 0. The normalized spacial score (nSPS) is 12.5. The van der Waals surface area contributed by atoms with Gasteiger partial charge in [-0.15, -0.1) is 0 Å². The number of nitrogens with zero attached hydrogens (tertiary/aromatic N) is 1. The fourth-order valence-electron chi connectivity index (χ4n) is 1.77. The largest absolute Gasteiger partial charge is 0.465 e. The first-order valence-corrected chi connectivity index (χ1v) is 5.57. The quantitative estimate of drug-likeness (QED) is 0.784. The maximum Gasteiger partial charge on any atom is 0.338 e. The minimum absolute atomic E-state index is 0.328. The minimum Gasteiger partial charge on any atom is -0.465 e. The van der Waals surface area contributed by atoms with Gasteiger partial charge >= 0.3 is 5.97 Å². The molecule has 1 unspecified atom stereocenters. The Morgan fingerprint density at radius 1 is 1.47 bits per heavy atom. The summed E-state index contributed by atoms with van der Waals surface area (Å²) in [4.78, 5) is 13.5. The lowest BCUT2D eigenvalue weighted by Crippen LogP contribution is -2.27. The van der Waals surface area contributed by atoms with Crippen molar-refractivity contribution >= 4 is 5.97 Å². The third-order valence-corrected chi connectivity index (χ3v) is 2.44. The van der Waals surface area contributed by atoms with E-state index in [-0.39, 0.29) is 12.1 Å². The fraction of sp³-hybridized carbons (Fsp3) is 0.462. The second kappa shape index (κ2) is 6.37. The van der Waals surface area contributed by atoms with Crippen LogP contribution >= 0.6 is 0 Å². The number of aliphatic hydroxyl groups is 1. The Bertz CT molecular complexity index is 377. The molecule has 0 saturated carbocycles. The van der Waals surface area contributed by atoms with Crippen LogP contribution < -0.4 is 0 Å². The molecule has 1 N–H and O–H groups in total. The van der Waals surface area contributed by atoms with Gasteiger partial charge in [-0.3, -0.25) is 4.90 Å². The number of hydrogen-bond acceptors (Lipinski definition) is 4. The Balaban J connectivity index is 2.80. The van der Waals surface area contributed by atoms with Crippen molar-refractivity contribution in [2.75, 3.05) is 20.7 Å². The lowest BCUT2D eigenvalue weighted by atomic mass is 10.1. The van der Waals surface area contributed by atoms with Crippen molar-refractivity contribution in [3.8, 4) is 0 Å². The third kappa shape index (κ3) is 4.17. The van der Waals surface area contributed by atoms with Crippen LogP contribution in [0.1, 0.15) is 22.8 Å². The second-order valence-corrected chi connectivity index (χ2v) is 4.19. The monoisotopic (exact) mass is 237 g/mol. The van der Waals surface area contributed by atoms with E-state index >= 15 is 0 Å². The highest BCUT2D eigenvalue weighted by Gasteiger charge is 2.12. The van der Waals surface area contributed by atoms with E-state index < -0.39 is 0 Å². The maximum absolute atomic E-state index is 11.5. The van der Waals surface area contributed by atoms with Crippen LogP contribution in [0, 0.1) is 0 Å². The van der Waals surface area contributed by atoms with Gasteiger partial charge in [0, 0.05) is 13.1 Å². The van der Waals surface area contributed by atoms with E-state index in [0.29, 0.717) is 18.7 Å². The van der Waals surface area contributed by atoms with Crippen molar-refractivity contribution in [2.45, 2.75) is 19.6 Å². The first-order chi connectivity index (χ1) is 8.04. The van der Waals surface area contributed by atoms with Gasteiger partial charge in [-0.25, -0.2) is 4.79 Å². The van der Waals surface area contributed by atoms with Gasteiger partial charge in [-0.1, -0.05) is 18.2 Å². The summed E-state index contributed by atoms with van der Waals surface area (Å²) in [5, 5.41) is 9.29. The molecule has 4 heteroatoms. The van der Waals surface area contributed by atoms with Crippen molar-refractivity contribution in [1.82, 2.24) is 4.90 Å². The summed E-state index contributed by atoms with van der Waals surface area (Å²) in [5.41, 5.74) is 1.48. The average Bonchev–Trinajstić information content (AvgIpc) is 2.27. The van der Waals surface area contributed by atoms with Crippen LogP contribution in [-0.2, 0) is 11.3 Å². The van der Waals surface area contributed by atoms with Crippen LogP contribution in [0.25, 0.3) is 0 Å². The number of carbonyl (C=O) groups is 1. The molecule has 0 heterocycles. The highest BCUT2D eigenvalue weighted by molar-refractivity contribution is 5.90. The van der Waals surface area contributed by atoms with Crippen LogP contribution in [0.5, 0.6) is 0 Å². The number of rotatable bonds is 5. The molecule has 1 rings (SSSR count). The molecule has 0 aromatic heterocycles. The molecular weight excluding hydrogens is 218 g/mol. The van der Waals surface area contributed by atoms with Gasteiger partial charge in [0.15, 0.2) is 0 Å². The topological polar surface area (TPSA) is 49.8 Å². The molecule has 0 radical (unpaired) electrons. The number of ether oxygens (including phenoxy) is 1. The molecule has 1 aromatic rings. The summed E-state index contributed by atoms with van der Waals surface area (Å²) in [6, 6.07) is 7.34. The van der Waals surface area contributed by atoms with Crippen LogP contribution in [0.15, 0.2) is 24.3 Å². The third-order valence-electron chi connectivity index (χ3n) is 2.44. The number of benzene rings is 1. The number of hydrogen-bond donors (Lipinski definition) is 1. The number of esters is 1. The highest BCUT2D eigenvalue weighted by Crippen LogP contribution is 2.12. The lowest BCUT2D eigenvalue weighted by Gasteiger charge is -2.19. The summed E-state index contributed by atoms with van der Waals surface area (Å²) < 4.78 is 4.73. The fourth-order valence-corrected chi connectivity index (χ4v) is 1.77. The first-order valence-electron chi connectivity index (χ1n) is 5.57. The molecule has 4 nitrogen and oxygen atoms in total. The molecule has 1 atom stereocenters. The zero-order valence-electron chi connectivity index (χ0n) is 10.5. The van der Waals surface area contributed by atoms with Gasteiger partial charge in [0.25, 0.3) is 0 Å². The Labute approximate surface area is 102 Å². The average molecular weight is 237 g/mol. The minimum atomic E-state index is -0.384. The van der Waals surface area contributed by atoms with Crippen LogP contribution in [0.3, 0.4) is 0 Å². The molecule has 94 valence electrons. The van der Waals surface area contributed by atoms with Crippen molar-refractivity contribution in [3.63, 3.8) is 0 Å². The van der Waals surface area contributed by atoms with E-state index in [1.54, 1.807) is 13.0 Å². The predicted molar refractivity (Wildman–Crippen MR) is 65.8 cm³/mol. The molecule has 0 aliphatic carbocycles. The van der Waals surface area contributed by atoms with Crippen LogP contribution in [0.4, 0.5) is 0 Å². The van der Waals surface area contributed by atoms with Gasteiger partial charge in [-0.2, -0.15) is 0 Å². The van der Waals surface area contributed by atoms with Crippen LogP contribution in [0.2, 0.25) is 0 Å². The zero-order valence-corrected chi connectivity index (χ0v) is 10.5. The Hall–Kier alpha value is -1.39. The molecule has 1 aromatic carbocycles. The maximum atomic E-state index is 11.5. The molecule has 17 heavy (non-hydrogen) atoms. The van der Waals surface area contributed by atoms with Gasteiger partial charge in [0.2, 0.25) is 0 Å². The number of aliphatic hydroxyl groups excluding tert-OH is 1. The molecule has 0 aliphatic rings. The molecule has 0 bridgehead atoms. The highest BCUT2D eigenvalue weighted by atomic mass is 16.5. The van der Waals surface area contributed by atoms with Crippen LogP contribution in [-0.4, -0.2) is 42.8 Å². The molecular formula is C13H19NO3. The Kier molecular flexibility index (Phi) is 5.12. The number of carbonyl (C=O) groups excluding carboxylic acids is 1. The van der Waals surface area contributed by atoms with E-state index in [1.165, 1.54) is 7.11 Å². The molecule has 0 saturated heterocycles. The van der Waals surface area contributed by atoms with E-state index in [1.807, 2.05) is 30.1 Å². The second-order valence-electron chi connectivity index (χ2n) is 4.19. The van der Waals surface area contributed by atoms with Gasteiger partial charge in [0.05, 0.1) is 18.8 Å². The Morgan fingerprint density at radius 3 is 2.71 bits per heavy atom. The van der Waals surface area contributed by atoms with Gasteiger partial charge < -0.3 is 9.84 Å². The van der Waals surface area contributed by atoms with Gasteiger partial charge in [-0.05, 0) is 25.6 Å². The van der Waals surface area contributed by atoms with Gasteiger partial charge in [0.1, 0.15) is 0 Å². The number of methoxy groups -OCH3 is 1. The van der Waals surface area contributed by atoms with E-state index in [0.717, 1.165) is 5.56 Å². The van der Waals surface area contributed by atoms with Crippen molar-refractivity contribution in [2.24, 2.45) is 0 Å². The Morgan fingerprint density at radius 2 is 2.12 bits per heavy atom. The molecule has 0 amide bonds. The van der Waals surface area contributed by atoms with E-state index in [4.69, 9.17) is 4.74 Å². The summed E-state index contributed by atoms with van der Waals surface area (Å²) in [5.74, 6) is -0.328. The smallest absolute Gasteiger partial charge is 0.338 e. The van der Waals surface area contributed by atoms with E-state index in [2.05, 4.69) is 0 Å². The summed E-state index contributed by atoms with van der Waals surface area (Å²) in [6.45, 7) is 2.91. The van der Waals surface area contributed by atoms with Crippen molar-refractivity contribution < 1.29 is 14.6 Å². The standard InChI is InChI=1S/C13H19NO3/c1-10(15)8-14(2)9-11-6-4-5-7-12(11)13(16)17-3/h4-7,10,15H,8-9H2,1-3H3. The lowest BCUT2D eigenvalue weighted by molar-refractivity contribution is 0.0598. The van der Waals surface area contributed by atoms with Crippen molar-refractivity contribution in [1.29, 1.82) is 0 Å². The SMILES string of the molecule is COC(=O)c1ccccc1CN(C)CC(C)O.